The molecular formula is C31H28ClF2N3O4. The van der Waals surface area contributed by atoms with Gasteiger partial charge < -0.3 is 23.8 Å². The molecule has 0 bridgehead atoms. The van der Waals surface area contributed by atoms with Gasteiger partial charge in [0.25, 0.3) is 11.8 Å². The Morgan fingerprint density at radius 1 is 0.854 bits per heavy atom. The smallest absolute Gasteiger partial charge is 0.260 e. The fraction of sp³-hybridized carbons (Fsp3) is 0.226. The quantitative estimate of drug-likeness (QED) is 0.279. The molecule has 41 heavy (non-hydrogen) atoms. The molecule has 0 saturated carbocycles. The maximum atomic E-state index is 15.0. The van der Waals surface area contributed by atoms with Crippen LogP contribution in [0.5, 0.6) is 11.5 Å². The molecule has 1 saturated heterocycles. The number of ether oxygens (including phenoxy) is 2. The Labute approximate surface area is 241 Å². The van der Waals surface area contributed by atoms with Gasteiger partial charge in [-0.25, -0.2) is 8.78 Å². The second kappa shape index (κ2) is 12.0. The van der Waals surface area contributed by atoms with Crippen molar-refractivity contribution in [2.24, 2.45) is 0 Å². The standard InChI is InChI=1S/C31H28ClF2N3O4/c1-20-26(31(39)36-15-13-35(14-16-36)30(38)19-41-25-10-5-22(32)6-11-25)18-29(21-3-8-24(40-2)9-4-21)37(20)28-12-7-23(33)17-27(28)34/h3-12,17-18H,13-16,19H2,1-2H3. The van der Waals surface area contributed by atoms with Gasteiger partial charge in [-0.1, -0.05) is 11.6 Å². The maximum absolute atomic E-state index is 15.0. The van der Waals surface area contributed by atoms with Gasteiger partial charge >= 0.3 is 0 Å². The normalized spacial score (nSPS) is 13.3. The molecule has 0 unspecified atom stereocenters. The molecule has 7 nitrogen and oxygen atoms in total. The summed E-state index contributed by atoms with van der Waals surface area (Å²) in [6.45, 7) is 2.99. The molecule has 0 radical (unpaired) electrons. The second-order valence-corrected chi connectivity index (χ2v) is 10.0. The van der Waals surface area contributed by atoms with Crippen molar-refractivity contribution in [3.8, 4) is 28.4 Å². The van der Waals surface area contributed by atoms with Crippen molar-refractivity contribution in [1.29, 1.82) is 0 Å². The molecule has 10 heteroatoms. The summed E-state index contributed by atoms with van der Waals surface area (Å²) < 4.78 is 41.1. The maximum Gasteiger partial charge on any atom is 0.260 e. The van der Waals surface area contributed by atoms with Gasteiger partial charge in [0.05, 0.1) is 24.1 Å². The Morgan fingerprint density at radius 3 is 2.12 bits per heavy atom. The number of piperazine rings is 1. The lowest BCUT2D eigenvalue weighted by molar-refractivity contribution is -0.134. The van der Waals surface area contributed by atoms with E-state index < -0.39 is 11.6 Å². The summed E-state index contributed by atoms with van der Waals surface area (Å²) in [6, 6.07) is 19.0. The first-order chi connectivity index (χ1) is 19.7. The zero-order valence-corrected chi connectivity index (χ0v) is 23.3. The predicted octanol–water partition coefficient (Wildman–Crippen LogP) is 5.76. The summed E-state index contributed by atoms with van der Waals surface area (Å²) >= 11 is 5.89. The summed E-state index contributed by atoms with van der Waals surface area (Å²) in [7, 11) is 1.56. The summed E-state index contributed by atoms with van der Waals surface area (Å²) in [4.78, 5) is 29.7. The van der Waals surface area contributed by atoms with Crippen molar-refractivity contribution >= 4 is 23.4 Å². The molecule has 0 spiro atoms. The van der Waals surface area contributed by atoms with E-state index in [0.717, 1.165) is 11.6 Å². The number of benzene rings is 3. The predicted molar refractivity (Wildman–Crippen MR) is 152 cm³/mol. The molecule has 1 aliphatic heterocycles. The van der Waals surface area contributed by atoms with Crippen molar-refractivity contribution in [3.05, 3.63) is 101 Å². The van der Waals surface area contributed by atoms with Crippen molar-refractivity contribution in [1.82, 2.24) is 14.4 Å². The molecule has 2 amide bonds. The van der Waals surface area contributed by atoms with Crippen LogP contribution in [-0.2, 0) is 4.79 Å². The Kier molecular flexibility index (Phi) is 8.26. The molecule has 1 fully saturated rings. The van der Waals surface area contributed by atoms with Gasteiger partial charge in [0, 0.05) is 43.0 Å². The molecule has 0 aliphatic carbocycles. The van der Waals surface area contributed by atoms with E-state index in [9.17, 15) is 18.4 Å². The monoisotopic (exact) mass is 579 g/mol. The number of carbonyl (C=O) groups is 2. The molecule has 0 atom stereocenters. The minimum Gasteiger partial charge on any atom is -0.497 e. The van der Waals surface area contributed by atoms with Crippen molar-refractivity contribution in [2.45, 2.75) is 6.92 Å². The van der Waals surface area contributed by atoms with E-state index in [1.165, 1.54) is 12.1 Å². The van der Waals surface area contributed by atoms with Gasteiger partial charge in [0.2, 0.25) is 0 Å². The van der Waals surface area contributed by atoms with Gasteiger partial charge in [-0.3, -0.25) is 9.59 Å². The van der Waals surface area contributed by atoms with E-state index in [2.05, 4.69) is 0 Å². The van der Waals surface area contributed by atoms with Crippen molar-refractivity contribution < 1.29 is 27.8 Å². The van der Waals surface area contributed by atoms with Gasteiger partial charge in [0.15, 0.2) is 6.61 Å². The van der Waals surface area contributed by atoms with E-state index in [1.54, 1.807) is 70.9 Å². The van der Waals surface area contributed by atoms with Crippen molar-refractivity contribution in [2.75, 3.05) is 39.9 Å². The third-order valence-electron chi connectivity index (χ3n) is 7.11. The number of carbonyl (C=O) groups excluding carboxylic acids is 2. The summed E-state index contributed by atoms with van der Waals surface area (Å²) in [5.74, 6) is -0.651. The van der Waals surface area contributed by atoms with Gasteiger partial charge in [-0.2, -0.15) is 0 Å². The van der Waals surface area contributed by atoms with Crippen LogP contribution in [0.2, 0.25) is 5.02 Å². The molecule has 5 rings (SSSR count). The molecule has 0 N–H and O–H groups in total. The molecule has 1 aliphatic rings. The SMILES string of the molecule is COc1ccc(-c2cc(C(=O)N3CCN(C(=O)COc4ccc(Cl)cc4)CC3)c(C)n2-c2ccc(F)cc2F)cc1. The van der Waals surface area contributed by atoms with E-state index in [0.29, 0.717) is 59.7 Å². The number of amides is 2. The summed E-state index contributed by atoms with van der Waals surface area (Å²) in [5, 5.41) is 0.578. The Morgan fingerprint density at radius 2 is 1.49 bits per heavy atom. The lowest BCUT2D eigenvalue weighted by Crippen LogP contribution is -2.51. The van der Waals surface area contributed by atoms with Crippen LogP contribution >= 0.6 is 11.6 Å². The van der Waals surface area contributed by atoms with Crippen LogP contribution in [0.25, 0.3) is 16.9 Å². The highest BCUT2D eigenvalue weighted by atomic mass is 35.5. The van der Waals surface area contributed by atoms with E-state index in [-0.39, 0.29) is 24.1 Å². The number of methoxy groups -OCH3 is 1. The van der Waals surface area contributed by atoms with Crippen LogP contribution in [0.1, 0.15) is 16.1 Å². The van der Waals surface area contributed by atoms with Crippen LogP contribution in [0.3, 0.4) is 0 Å². The average molecular weight is 580 g/mol. The average Bonchev–Trinajstić information content (AvgIpc) is 3.33. The number of aromatic nitrogens is 1. The van der Waals surface area contributed by atoms with Gasteiger partial charge in [-0.05, 0) is 79.2 Å². The Hall–Kier alpha value is -4.37. The van der Waals surface area contributed by atoms with Gasteiger partial charge in [0.1, 0.15) is 23.1 Å². The van der Waals surface area contributed by atoms with E-state index in [4.69, 9.17) is 21.1 Å². The topological polar surface area (TPSA) is 64.0 Å². The lowest BCUT2D eigenvalue weighted by Gasteiger charge is -2.34. The second-order valence-electron chi connectivity index (χ2n) is 9.60. The summed E-state index contributed by atoms with van der Waals surface area (Å²) in [5.41, 5.74) is 2.34. The Bertz CT molecular complexity index is 1560. The lowest BCUT2D eigenvalue weighted by atomic mass is 10.1. The fourth-order valence-electron chi connectivity index (χ4n) is 4.87. The summed E-state index contributed by atoms with van der Waals surface area (Å²) in [6.07, 6.45) is 0. The first kappa shape index (κ1) is 28.2. The minimum atomic E-state index is -0.745. The highest BCUT2D eigenvalue weighted by molar-refractivity contribution is 6.30. The zero-order chi connectivity index (χ0) is 29.1. The molecule has 212 valence electrons. The molecular weight excluding hydrogens is 552 g/mol. The fourth-order valence-corrected chi connectivity index (χ4v) is 4.99. The molecule has 3 aromatic carbocycles. The van der Waals surface area contributed by atoms with Gasteiger partial charge in [-0.15, -0.1) is 0 Å². The first-order valence-electron chi connectivity index (χ1n) is 13.0. The van der Waals surface area contributed by atoms with Crippen LogP contribution in [0.15, 0.2) is 72.8 Å². The Balaban J connectivity index is 1.35. The number of halogens is 3. The van der Waals surface area contributed by atoms with E-state index in [1.807, 2.05) is 12.1 Å². The van der Waals surface area contributed by atoms with Crippen LogP contribution in [-0.4, -0.2) is 66.1 Å². The van der Waals surface area contributed by atoms with Crippen LogP contribution in [0.4, 0.5) is 8.78 Å². The number of hydrogen-bond donors (Lipinski definition) is 0. The number of rotatable bonds is 7. The third-order valence-corrected chi connectivity index (χ3v) is 7.36. The largest absolute Gasteiger partial charge is 0.497 e. The highest BCUT2D eigenvalue weighted by Gasteiger charge is 2.29. The van der Waals surface area contributed by atoms with Crippen LogP contribution in [0, 0.1) is 18.6 Å². The molecule has 2 heterocycles. The first-order valence-corrected chi connectivity index (χ1v) is 13.4. The number of hydrogen-bond acceptors (Lipinski definition) is 4. The minimum absolute atomic E-state index is 0.119. The molecule has 4 aromatic rings. The molecule has 1 aromatic heterocycles. The van der Waals surface area contributed by atoms with E-state index >= 15 is 0 Å². The highest BCUT2D eigenvalue weighted by Crippen LogP contribution is 2.32. The third kappa shape index (κ3) is 6.05. The zero-order valence-electron chi connectivity index (χ0n) is 22.6. The van der Waals surface area contributed by atoms with Crippen molar-refractivity contribution in [3.63, 3.8) is 0 Å². The van der Waals surface area contributed by atoms with Crippen LogP contribution < -0.4 is 9.47 Å². The number of nitrogens with zero attached hydrogens (tertiary/aromatic N) is 3.